The van der Waals surface area contributed by atoms with Gasteiger partial charge in [0, 0.05) is 17.6 Å². The molecule has 1 fully saturated rings. The molecule has 0 bridgehead atoms. The molecule has 2 rings (SSSR count). The fourth-order valence-electron chi connectivity index (χ4n) is 1.81. The molecule has 1 N–H and O–H groups in total. The van der Waals surface area contributed by atoms with Crippen molar-refractivity contribution in [3.63, 3.8) is 0 Å². The van der Waals surface area contributed by atoms with Crippen LogP contribution in [0, 0.1) is 0 Å². The lowest BCUT2D eigenvalue weighted by molar-refractivity contribution is -0.227. The highest BCUT2D eigenvalue weighted by molar-refractivity contribution is 6.30. The largest absolute Gasteiger partial charge is 0.414 e. The quantitative estimate of drug-likeness (QED) is 0.854. The molecule has 112 valence electrons. The molecule has 6 heteroatoms. The molecule has 2 unspecified atom stereocenters. The van der Waals surface area contributed by atoms with E-state index in [1.807, 2.05) is 0 Å². The maximum Gasteiger partial charge on any atom is 0.414 e. The molecule has 1 aromatic rings. The molecule has 0 aromatic heterocycles. The maximum atomic E-state index is 12.6. The first-order valence-corrected chi connectivity index (χ1v) is 6.95. The van der Waals surface area contributed by atoms with E-state index in [4.69, 9.17) is 16.3 Å². The molecule has 0 aliphatic heterocycles. The summed E-state index contributed by atoms with van der Waals surface area (Å²) in [6, 6.07) is 7.12. The van der Waals surface area contributed by atoms with Crippen molar-refractivity contribution < 1.29 is 17.9 Å². The Hall–Kier alpha value is -0.780. The van der Waals surface area contributed by atoms with E-state index in [-0.39, 0.29) is 0 Å². The summed E-state index contributed by atoms with van der Waals surface area (Å²) in [5, 5.41) is 3.75. The van der Waals surface area contributed by atoms with Crippen LogP contribution in [-0.4, -0.2) is 24.9 Å². The van der Waals surface area contributed by atoms with Crippen molar-refractivity contribution in [3.8, 4) is 0 Å². The molecule has 0 heterocycles. The molecule has 1 aromatic carbocycles. The van der Waals surface area contributed by atoms with Crippen LogP contribution < -0.4 is 5.32 Å². The predicted octanol–water partition coefficient (Wildman–Crippen LogP) is 4.10. The zero-order valence-electron chi connectivity index (χ0n) is 11.1. The van der Waals surface area contributed by atoms with Gasteiger partial charge < -0.3 is 10.1 Å². The van der Waals surface area contributed by atoms with E-state index >= 15 is 0 Å². The number of benzene rings is 1. The van der Waals surface area contributed by atoms with Crippen molar-refractivity contribution in [1.82, 2.24) is 5.32 Å². The van der Waals surface area contributed by atoms with Gasteiger partial charge in [0.15, 0.2) is 6.10 Å². The minimum absolute atomic E-state index is 0.368. The molecule has 20 heavy (non-hydrogen) atoms. The zero-order chi connectivity index (χ0) is 14.8. The second kappa shape index (κ2) is 6.33. The van der Waals surface area contributed by atoms with Crippen LogP contribution in [0.2, 0.25) is 5.02 Å². The molecule has 0 spiro atoms. The third kappa shape index (κ3) is 4.65. The topological polar surface area (TPSA) is 21.3 Å². The van der Waals surface area contributed by atoms with Gasteiger partial charge in [-0.05, 0) is 37.5 Å². The molecule has 1 aliphatic rings. The van der Waals surface area contributed by atoms with Crippen molar-refractivity contribution >= 4 is 11.6 Å². The van der Waals surface area contributed by atoms with Crippen LogP contribution in [0.15, 0.2) is 24.3 Å². The first kappa shape index (κ1) is 15.6. The summed E-state index contributed by atoms with van der Waals surface area (Å²) in [5.74, 6) is 0. The van der Waals surface area contributed by atoms with Gasteiger partial charge >= 0.3 is 6.18 Å². The van der Waals surface area contributed by atoms with Crippen LogP contribution in [0.1, 0.15) is 31.4 Å². The smallest absolute Gasteiger partial charge is 0.360 e. The van der Waals surface area contributed by atoms with Crippen molar-refractivity contribution in [3.05, 3.63) is 34.9 Å². The fraction of sp³-hybridized carbons (Fsp3) is 0.571. The molecule has 0 saturated heterocycles. The third-order valence-electron chi connectivity index (χ3n) is 3.24. The fourth-order valence-corrected chi connectivity index (χ4v) is 1.93. The molecule has 2 nitrogen and oxygen atoms in total. The molecular weight excluding hydrogens is 291 g/mol. The summed E-state index contributed by atoms with van der Waals surface area (Å²) >= 11 is 5.80. The number of hydrogen-bond acceptors (Lipinski definition) is 2. The Balaban J connectivity index is 2.04. The van der Waals surface area contributed by atoms with Gasteiger partial charge in [-0.2, -0.15) is 13.2 Å². The van der Waals surface area contributed by atoms with Crippen LogP contribution >= 0.6 is 11.6 Å². The van der Waals surface area contributed by atoms with Crippen molar-refractivity contribution in [2.24, 2.45) is 0 Å². The summed E-state index contributed by atoms with van der Waals surface area (Å²) in [7, 11) is 0. The Morgan fingerprint density at radius 3 is 2.40 bits per heavy atom. The van der Waals surface area contributed by atoms with Gasteiger partial charge in [0.25, 0.3) is 0 Å². The van der Waals surface area contributed by atoms with Crippen molar-refractivity contribution in [2.75, 3.05) is 6.54 Å². The molecule has 0 radical (unpaired) electrons. The lowest BCUT2D eigenvalue weighted by atomic mass is 10.1. The normalized spacial score (nSPS) is 18.9. The second-order valence-electron chi connectivity index (χ2n) is 5.04. The van der Waals surface area contributed by atoms with E-state index < -0.39 is 18.4 Å². The third-order valence-corrected chi connectivity index (χ3v) is 3.49. The molecule has 1 aliphatic carbocycles. The summed E-state index contributed by atoms with van der Waals surface area (Å²) < 4.78 is 43.1. The number of alkyl halides is 3. The maximum absolute atomic E-state index is 12.6. The first-order valence-electron chi connectivity index (χ1n) is 6.57. The zero-order valence-corrected chi connectivity index (χ0v) is 11.8. The minimum Gasteiger partial charge on any atom is -0.360 e. The summed E-state index contributed by atoms with van der Waals surface area (Å²) in [6.45, 7) is 1.40. The summed E-state index contributed by atoms with van der Waals surface area (Å²) in [5.41, 5.74) is 0.693. The number of halogens is 4. The lowest BCUT2D eigenvalue weighted by Crippen LogP contribution is -2.34. The van der Waals surface area contributed by atoms with Crippen LogP contribution in [0.5, 0.6) is 0 Å². The minimum atomic E-state index is -4.36. The summed E-state index contributed by atoms with van der Waals surface area (Å²) in [4.78, 5) is 0. The van der Waals surface area contributed by atoms with Crippen LogP contribution in [0.4, 0.5) is 13.2 Å². The van der Waals surface area contributed by atoms with E-state index in [0.717, 1.165) is 19.8 Å². The summed E-state index contributed by atoms with van der Waals surface area (Å²) in [6.07, 6.45) is -4.65. The Morgan fingerprint density at radius 1 is 1.30 bits per heavy atom. The van der Waals surface area contributed by atoms with E-state index in [0.29, 0.717) is 23.2 Å². The number of hydrogen-bond donors (Lipinski definition) is 1. The van der Waals surface area contributed by atoms with Gasteiger partial charge in [-0.3, -0.25) is 0 Å². The Labute approximate surface area is 121 Å². The monoisotopic (exact) mass is 307 g/mol. The number of ether oxygens (including phenoxy) is 1. The highest BCUT2D eigenvalue weighted by Gasteiger charge is 2.39. The van der Waals surface area contributed by atoms with Gasteiger partial charge in [-0.25, -0.2) is 0 Å². The van der Waals surface area contributed by atoms with Crippen molar-refractivity contribution in [1.29, 1.82) is 0 Å². The second-order valence-corrected chi connectivity index (χ2v) is 5.48. The van der Waals surface area contributed by atoms with Crippen molar-refractivity contribution in [2.45, 2.75) is 44.2 Å². The van der Waals surface area contributed by atoms with E-state index in [2.05, 4.69) is 5.32 Å². The molecular formula is C14H17ClF3NO. The van der Waals surface area contributed by atoms with Gasteiger partial charge in [0.2, 0.25) is 0 Å². The SMILES string of the molecule is CC(OC(CNC1CC1)c1ccc(Cl)cc1)C(F)(F)F. The van der Waals surface area contributed by atoms with E-state index in [1.165, 1.54) is 0 Å². The molecule has 1 saturated carbocycles. The average Bonchev–Trinajstić information content (AvgIpc) is 3.18. The highest BCUT2D eigenvalue weighted by atomic mass is 35.5. The predicted molar refractivity (Wildman–Crippen MR) is 71.8 cm³/mol. The van der Waals surface area contributed by atoms with Crippen LogP contribution in [0.3, 0.4) is 0 Å². The molecule has 2 atom stereocenters. The standard InChI is InChI=1S/C14H17ClF3NO/c1-9(14(16,17)18)20-13(8-19-12-6-7-12)10-2-4-11(15)5-3-10/h2-5,9,12-13,19H,6-8H2,1H3. The van der Waals surface area contributed by atoms with Gasteiger partial charge in [-0.1, -0.05) is 23.7 Å². The first-order chi connectivity index (χ1) is 9.36. The molecule has 0 amide bonds. The van der Waals surface area contributed by atoms with Gasteiger partial charge in [0.1, 0.15) is 0 Å². The van der Waals surface area contributed by atoms with Crippen LogP contribution in [0.25, 0.3) is 0 Å². The Kier molecular flexibility index (Phi) is 4.94. The van der Waals surface area contributed by atoms with Gasteiger partial charge in [-0.15, -0.1) is 0 Å². The Morgan fingerprint density at radius 2 is 1.90 bits per heavy atom. The number of nitrogens with one attached hydrogen (secondary N) is 1. The van der Waals surface area contributed by atoms with Gasteiger partial charge in [0.05, 0.1) is 6.10 Å². The Bertz CT molecular complexity index is 431. The van der Waals surface area contributed by atoms with Crippen LogP contribution in [-0.2, 0) is 4.74 Å². The number of rotatable bonds is 6. The van der Waals surface area contributed by atoms with E-state index in [9.17, 15) is 13.2 Å². The van der Waals surface area contributed by atoms with E-state index in [1.54, 1.807) is 24.3 Å². The average molecular weight is 308 g/mol. The highest BCUT2D eigenvalue weighted by Crippen LogP contribution is 2.29. The lowest BCUT2D eigenvalue weighted by Gasteiger charge is -2.25.